The normalized spacial score (nSPS) is 16.7. The Morgan fingerprint density at radius 1 is 1.46 bits per heavy atom. The summed E-state index contributed by atoms with van der Waals surface area (Å²) in [6.07, 6.45) is 2.51. The molecule has 0 aliphatic carbocycles. The van der Waals surface area contributed by atoms with Gasteiger partial charge in [-0.2, -0.15) is 5.26 Å². The van der Waals surface area contributed by atoms with Crippen LogP contribution >= 0.6 is 11.3 Å². The summed E-state index contributed by atoms with van der Waals surface area (Å²) in [4.78, 5) is 19.9. The Morgan fingerprint density at radius 3 is 3.08 bits per heavy atom. The van der Waals surface area contributed by atoms with Crippen molar-refractivity contribution in [3.8, 4) is 16.6 Å². The van der Waals surface area contributed by atoms with Crippen LogP contribution in [0.15, 0.2) is 24.3 Å². The third-order valence-corrected chi connectivity index (χ3v) is 5.76. The average Bonchev–Trinajstić information content (AvgIpc) is 3.25. The number of nitrogens with one attached hydrogen (secondary N) is 1. The van der Waals surface area contributed by atoms with E-state index in [4.69, 9.17) is 10.2 Å². The SMILES string of the molecule is Cc1cccc(-c2nc(CCNCC(=O)N3CCC[C@H]3C#N)c(C)s2)c1. The molecule has 0 unspecified atom stereocenters. The summed E-state index contributed by atoms with van der Waals surface area (Å²) in [7, 11) is 0. The predicted molar refractivity (Wildman–Crippen MR) is 104 cm³/mol. The summed E-state index contributed by atoms with van der Waals surface area (Å²) in [5, 5.41) is 13.3. The summed E-state index contributed by atoms with van der Waals surface area (Å²) >= 11 is 1.71. The van der Waals surface area contributed by atoms with Crippen LogP contribution in [0, 0.1) is 25.2 Å². The second-order valence-corrected chi connectivity index (χ2v) is 7.90. The van der Waals surface area contributed by atoms with Gasteiger partial charge in [0.2, 0.25) is 5.91 Å². The first-order chi connectivity index (χ1) is 12.6. The number of thiazole rings is 1. The van der Waals surface area contributed by atoms with E-state index in [2.05, 4.69) is 49.5 Å². The second-order valence-electron chi connectivity index (χ2n) is 6.69. The first-order valence-corrected chi connectivity index (χ1v) is 9.83. The van der Waals surface area contributed by atoms with Gasteiger partial charge in [-0.15, -0.1) is 11.3 Å². The van der Waals surface area contributed by atoms with Gasteiger partial charge in [-0.3, -0.25) is 4.79 Å². The Kier molecular flexibility index (Phi) is 6.02. The largest absolute Gasteiger partial charge is 0.326 e. The Hall–Kier alpha value is -2.23. The summed E-state index contributed by atoms with van der Waals surface area (Å²) in [6, 6.07) is 10.3. The zero-order valence-corrected chi connectivity index (χ0v) is 16.1. The zero-order chi connectivity index (χ0) is 18.5. The molecule has 0 bridgehead atoms. The van der Waals surface area contributed by atoms with Crippen LogP contribution in [0.25, 0.3) is 10.6 Å². The lowest BCUT2D eigenvalue weighted by atomic mass is 10.1. The molecule has 1 N–H and O–H groups in total. The molecule has 6 heteroatoms. The van der Waals surface area contributed by atoms with Crippen LogP contribution in [0.2, 0.25) is 0 Å². The fourth-order valence-electron chi connectivity index (χ4n) is 3.26. The van der Waals surface area contributed by atoms with E-state index in [1.807, 2.05) is 0 Å². The second kappa shape index (κ2) is 8.43. The molecule has 2 aromatic rings. The molecule has 26 heavy (non-hydrogen) atoms. The topological polar surface area (TPSA) is 69.0 Å². The number of benzene rings is 1. The fourth-order valence-corrected chi connectivity index (χ4v) is 4.22. The van der Waals surface area contributed by atoms with Gasteiger partial charge < -0.3 is 10.2 Å². The monoisotopic (exact) mass is 368 g/mol. The molecule has 1 saturated heterocycles. The first kappa shape index (κ1) is 18.6. The van der Waals surface area contributed by atoms with Crippen LogP contribution in [0.5, 0.6) is 0 Å². The maximum atomic E-state index is 12.2. The van der Waals surface area contributed by atoms with Crippen LogP contribution < -0.4 is 5.32 Å². The first-order valence-electron chi connectivity index (χ1n) is 9.01. The number of aryl methyl sites for hydroxylation is 2. The highest BCUT2D eigenvalue weighted by atomic mass is 32.1. The Balaban J connectivity index is 1.51. The highest BCUT2D eigenvalue weighted by Crippen LogP contribution is 2.28. The van der Waals surface area contributed by atoms with Gasteiger partial charge in [0.05, 0.1) is 18.3 Å². The van der Waals surface area contributed by atoms with Crippen LogP contribution in [0.4, 0.5) is 0 Å². The van der Waals surface area contributed by atoms with Gasteiger partial charge in [0, 0.05) is 30.0 Å². The van der Waals surface area contributed by atoms with Gasteiger partial charge >= 0.3 is 0 Å². The minimum atomic E-state index is -0.248. The predicted octanol–water partition coefficient (Wildman–Crippen LogP) is 3.07. The maximum Gasteiger partial charge on any atom is 0.237 e. The van der Waals surface area contributed by atoms with E-state index >= 15 is 0 Å². The number of nitriles is 1. The number of carbonyl (C=O) groups is 1. The van der Waals surface area contributed by atoms with Gasteiger partial charge in [0.15, 0.2) is 0 Å². The van der Waals surface area contributed by atoms with Crippen molar-refractivity contribution in [3.63, 3.8) is 0 Å². The van der Waals surface area contributed by atoms with E-state index in [0.29, 0.717) is 13.1 Å². The van der Waals surface area contributed by atoms with Gasteiger partial charge in [-0.05, 0) is 32.8 Å². The van der Waals surface area contributed by atoms with E-state index in [1.54, 1.807) is 16.2 Å². The standard InChI is InChI=1S/C20H24N4OS/c1-14-5-3-6-16(11-14)20-23-18(15(2)26-20)8-9-22-13-19(25)24-10-4-7-17(24)12-21/h3,5-6,11,17,22H,4,7-10,13H2,1-2H3/t17-/m0/s1. The minimum absolute atomic E-state index is 0.0181. The summed E-state index contributed by atoms with van der Waals surface area (Å²) < 4.78 is 0. The Bertz CT molecular complexity index is 823. The van der Waals surface area contributed by atoms with Crippen LogP contribution in [0.3, 0.4) is 0 Å². The quantitative estimate of drug-likeness (QED) is 0.796. The van der Waals surface area contributed by atoms with Crippen molar-refractivity contribution in [2.24, 2.45) is 0 Å². The van der Waals surface area contributed by atoms with Gasteiger partial charge in [0.25, 0.3) is 0 Å². The molecule has 0 saturated carbocycles. The number of nitrogens with zero attached hydrogens (tertiary/aromatic N) is 3. The summed E-state index contributed by atoms with van der Waals surface area (Å²) in [5.74, 6) is 0.0181. The van der Waals surface area contributed by atoms with Crippen LogP contribution in [0.1, 0.15) is 29.0 Å². The minimum Gasteiger partial charge on any atom is -0.326 e. The molecule has 1 atom stereocenters. The van der Waals surface area contributed by atoms with Crippen molar-refractivity contribution in [2.45, 2.75) is 39.2 Å². The van der Waals surface area contributed by atoms with Crippen molar-refractivity contribution in [2.75, 3.05) is 19.6 Å². The van der Waals surface area contributed by atoms with E-state index in [9.17, 15) is 4.79 Å². The smallest absolute Gasteiger partial charge is 0.237 e. The van der Waals surface area contributed by atoms with Gasteiger partial charge in [-0.1, -0.05) is 23.8 Å². The number of carbonyl (C=O) groups excluding carboxylic acids is 1. The van der Waals surface area contributed by atoms with Crippen LogP contribution in [-0.2, 0) is 11.2 Å². The lowest BCUT2D eigenvalue weighted by Gasteiger charge is -2.19. The van der Waals surface area contributed by atoms with E-state index < -0.39 is 0 Å². The number of hydrogen-bond acceptors (Lipinski definition) is 5. The third kappa shape index (κ3) is 4.29. The Labute approximate surface area is 158 Å². The molecule has 1 aromatic heterocycles. The molecular formula is C20H24N4OS. The maximum absolute atomic E-state index is 12.2. The van der Waals surface area contributed by atoms with Crippen molar-refractivity contribution in [1.82, 2.24) is 15.2 Å². The van der Waals surface area contributed by atoms with Crippen molar-refractivity contribution < 1.29 is 4.79 Å². The molecule has 5 nitrogen and oxygen atoms in total. The summed E-state index contributed by atoms with van der Waals surface area (Å²) in [6.45, 7) is 5.87. The molecular weight excluding hydrogens is 344 g/mol. The molecule has 1 aliphatic rings. The molecule has 0 radical (unpaired) electrons. The van der Waals surface area contributed by atoms with Gasteiger partial charge in [-0.25, -0.2) is 4.98 Å². The fraction of sp³-hybridized carbons (Fsp3) is 0.450. The number of aromatic nitrogens is 1. The van der Waals surface area contributed by atoms with E-state index in [1.165, 1.54) is 10.4 Å². The molecule has 1 fully saturated rings. The molecule has 1 aliphatic heterocycles. The highest BCUT2D eigenvalue weighted by molar-refractivity contribution is 7.15. The molecule has 1 aromatic carbocycles. The number of amides is 1. The highest BCUT2D eigenvalue weighted by Gasteiger charge is 2.27. The lowest BCUT2D eigenvalue weighted by Crippen LogP contribution is -2.41. The number of likely N-dealkylation sites (tertiary alicyclic amines) is 1. The molecule has 1 amide bonds. The van der Waals surface area contributed by atoms with E-state index in [0.717, 1.165) is 35.5 Å². The average molecular weight is 369 g/mol. The third-order valence-electron chi connectivity index (χ3n) is 4.69. The zero-order valence-electron chi connectivity index (χ0n) is 15.3. The summed E-state index contributed by atoms with van der Waals surface area (Å²) in [5.41, 5.74) is 3.47. The molecule has 136 valence electrons. The molecule has 3 rings (SSSR count). The van der Waals surface area contributed by atoms with Crippen molar-refractivity contribution in [3.05, 3.63) is 40.4 Å². The Morgan fingerprint density at radius 2 is 2.31 bits per heavy atom. The van der Waals surface area contributed by atoms with Crippen LogP contribution in [-0.4, -0.2) is 41.5 Å². The van der Waals surface area contributed by atoms with Crippen molar-refractivity contribution in [1.29, 1.82) is 5.26 Å². The number of hydrogen-bond donors (Lipinski definition) is 1. The lowest BCUT2D eigenvalue weighted by molar-refractivity contribution is -0.130. The van der Waals surface area contributed by atoms with E-state index in [-0.39, 0.29) is 18.5 Å². The van der Waals surface area contributed by atoms with Crippen molar-refractivity contribution >= 4 is 17.2 Å². The molecule has 0 spiro atoms. The van der Waals surface area contributed by atoms with Gasteiger partial charge in [0.1, 0.15) is 11.0 Å². The molecule has 2 heterocycles. The number of rotatable bonds is 6.